The maximum atomic E-state index is 4.28. The van der Waals surface area contributed by atoms with Crippen LogP contribution in [0.5, 0.6) is 0 Å². The minimum atomic E-state index is 0.517. The van der Waals surface area contributed by atoms with Crippen molar-refractivity contribution in [3.05, 3.63) is 18.2 Å². The van der Waals surface area contributed by atoms with Gasteiger partial charge in [-0.1, -0.05) is 34.1 Å². The third kappa shape index (κ3) is 4.50. The molecule has 0 saturated heterocycles. The van der Waals surface area contributed by atoms with E-state index in [1.165, 1.54) is 18.5 Å². The van der Waals surface area contributed by atoms with Crippen molar-refractivity contribution in [3.63, 3.8) is 0 Å². The van der Waals surface area contributed by atoms with Crippen LogP contribution in [0.2, 0.25) is 0 Å². The van der Waals surface area contributed by atoms with Gasteiger partial charge in [-0.05, 0) is 19.3 Å². The summed E-state index contributed by atoms with van der Waals surface area (Å²) in [5.41, 5.74) is 1.29. The normalized spacial score (nSPS) is 15.2. The number of aromatic nitrogens is 2. The second kappa shape index (κ2) is 6.80. The van der Waals surface area contributed by atoms with E-state index in [1.54, 1.807) is 0 Å². The van der Waals surface area contributed by atoms with Crippen LogP contribution in [-0.4, -0.2) is 15.6 Å². The quantitative estimate of drug-likeness (QED) is 0.788. The highest BCUT2D eigenvalue weighted by molar-refractivity contribution is 5.00. The molecule has 0 amide bonds. The largest absolute Gasteiger partial charge is 0.331 e. The van der Waals surface area contributed by atoms with Crippen LogP contribution in [0.1, 0.15) is 59.2 Å². The van der Waals surface area contributed by atoms with Crippen LogP contribution in [0.4, 0.5) is 0 Å². The zero-order chi connectivity index (χ0) is 12.8. The molecular formula is C14H27N3. The predicted molar refractivity (Wildman–Crippen MR) is 73.0 cm³/mol. The molecule has 3 nitrogen and oxygen atoms in total. The van der Waals surface area contributed by atoms with Gasteiger partial charge in [0.15, 0.2) is 0 Å². The molecule has 0 bridgehead atoms. The van der Waals surface area contributed by atoms with E-state index in [0.717, 1.165) is 12.5 Å². The van der Waals surface area contributed by atoms with E-state index < -0.39 is 0 Å². The summed E-state index contributed by atoms with van der Waals surface area (Å²) in [5.74, 6) is 0.776. The van der Waals surface area contributed by atoms with Gasteiger partial charge in [0.1, 0.15) is 0 Å². The Morgan fingerprint density at radius 2 is 2.00 bits per heavy atom. The van der Waals surface area contributed by atoms with E-state index in [0.29, 0.717) is 12.1 Å². The van der Waals surface area contributed by atoms with Crippen molar-refractivity contribution in [1.82, 2.24) is 14.9 Å². The van der Waals surface area contributed by atoms with Crippen molar-refractivity contribution in [2.75, 3.05) is 0 Å². The van der Waals surface area contributed by atoms with Crippen LogP contribution >= 0.6 is 0 Å². The summed E-state index contributed by atoms with van der Waals surface area (Å²) in [6.45, 7) is 12.1. The van der Waals surface area contributed by atoms with Crippen LogP contribution in [0, 0.1) is 5.92 Å². The Morgan fingerprint density at radius 1 is 1.29 bits per heavy atom. The van der Waals surface area contributed by atoms with Crippen molar-refractivity contribution in [2.45, 2.75) is 66.1 Å². The number of hydrogen-bond acceptors (Lipinski definition) is 2. The lowest BCUT2D eigenvalue weighted by atomic mass is 10.0. The molecule has 2 atom stereocenters. The fourth-order valence-corrected chi connectivity index (χ4v) is 2.04. The Labute approximate surface area is 106 Å². The summed E-state index contributed by atoms with van der Waals surface area (Å²) in [6.07, 6.45) is 6.41. The van der Waals surface area contributed by atoms with E-state index in [9.17, 15) is 0 Å². The van der Waals surface area contributed by atoms with E-state index >= 15 is 0 Å². The molecule has 0 aliphatic heterocycles. The van der Waals surface area contributed by atoms with Crippen molar-refractivity contribution in [1.29, 1.82) is 0 Å². The van der Waals surface area contributed by atoms with E-state index in [-0.39, 0.29) is 0 Å². The molecule has 17 heavy (non-hydrogen) atoms. The third-order valence-corrected chi connectivity index (χ3v) is 3.35. The summed E-state index contributed by atoms with van der Waals surface area (Å²) in [5, 5.41) is 3.45. The van der Waals surface area contributed by atoms with Crippen molar-refractivity contribution >= 4 is 0 Å². The highest BCUT2D eigenvalue weighted by Gasteiger charge is 2.12. The lowest BCUT2D eigenvalue weighted by molar-refractivity contribution is 0.387. The molecule has 0 spiro atoms. The number of nitrogens with one attached hydrogen (secondary N) is 1. The number of rotatable bonds is 7. The molecule has 0 radical (unpaired) electrons. The molecule has 98 valence electrons. The molecule has 0 aliphatic rings. The topological polar surface area (TPSA) is 29.9 Å². The minimum absolute atomic E-state index is 0.517. The molecule has 0 aromatic carbocycles. The molecule has 3 heteroatoms. The summed E-state index contributed by atoms with van der Waals surface area (Å²) < 4.78 is 2.31. The van der Waals surface area contributed by atoms with Gasteiger partial charge in [0.05, 0.1) is 12.0 Å². The van der Waals surface area contributed by atoms with Gasteiger partial charge in [0.25, 0.3) is 0 Å². The van der Waals surface area contributed by atoms with Gasteiger partial charge in [-0.2, -0.15) is 0 Å². The highest BCUT2D eigenvalue weighted by Crippen LogP contribution is 2.20. The molecule has 2 unspecified atom stereocenters. The first-order chi connectivity index (χ1) is 8.04. The maximum absolute atomic E-state index is 4.28. The van der Waals surface area contributed by atoms with Gasteiger partial charge in [-0.15, -0.1) is 0 Å². The van der Waals surface area contributed by atoms with Gasteiger partial charge in [0, 0.05) is 24.8 Å². The van der Waals surface area contributed by atoms with Crippen molar-refractivity contribution in [2.24, 2.45) is 5.92 Å². The van der Waals surface area contributed by atoms with Gasteiger partial charge >= 0.3 is 0 Å². The van der Waals surface area contributed by atoms with Crippen LogP contribution in [0.15, 0.2) is 12.5 Å². The zero-order valence-corrected chi connectivity index (χ0v) is 11.9. The monoisotopic (exact) mass is 237 g/mol. The minimum Gasteiger partial charge on any atom is -0.331 e. The molecule has 0 saturated carbocycles. The summed E-state index contributed by atoms with van der Waals surface area (Å²) in [7, 11) is 0. The molecule has 1 rings (SSSR count). The van der Waals surface area contributed by atoms with Crippen molar-refractivity contribution < 1.29 is 0 Å². The second-order valence-corrected chi connectivity index (χ2v) is 5.43. The Balaban J connectivity index is 2.60. The molecule has 0 fully saturated rings. The van der Waals surface area contributed by atoms with Crippen LogP contribution in [-0.2, 0) is 6.54 Å². The molecule has 1 heterocycles. The van der Waals surface area contributed by atoms with Gasteiger partial charge in [-0.3, -0.25) is 0 Å². The van der Waals surface area contributed by atoms with Crippen LogP contribution in [0.3, 0.4) is 0 Å². The smallest absolute Gasteiger partial charge is 0.0951 e. The second-order valence-electron chi connectivity index (χ2n) is 5.43. The zero-order valence-electron chi connectivity index (χ0n) is 11.9. The Bertz CT molecular complexity index is 317. The Morgan fingerprint density at radius 3 is 2.59 bits per heavy atom. The third-order valence-electron chi connectivity index (χ3n) is 3.35. The molecule has 0 aliphatic carbocycles. The van der Waals surface area contributed by atoms with Gasteiger partial charge in [-0.25, -0.2) is 4.98 Å². The number of nitrogens with zero attached hydrogens (tertiary/aromatic N) is 2. The van der Waals surface area contributed by atoms with E-state index in [2.05, 4.69) is 49.5 Å². The van der Waals surface area contributed by atoms with E-state index in [4.69, 9.17) is 0 Å². The predicted octanol–water partition coefficient (Wildman–Crippen LogP) is 3.38. The van der Waals surface area contributed by atoms with E-state index in [1.807, 2.05) is 12.5 Å². The SMILES string of the molecule is CCC(C)CC(C)n1cncc1CNC(C)C. The average molecular weight is 237 g/mol. The lowest BCUT2D eigenvalue weighted by Gasteiger charge is -2.20. The standard InChI is InChI=1S/C14H27N3/c1-6-12(4)7-13(5)17-10-15-8-14(17)9-16-11(2)3/h8,10-13,16H,6-7,9H2,1-5H3. The fraction of sp³-hybridized carbons (Fsp3) is 0.786. The Kier molecular flexibility index (Phi) is 5.69. The summed E-state index contributed by atoms with van der Waals surface area (Å²) >= 11 is 0. The molecule has 1 aromatic heterocycles. The Hall–Kier alpha value is -0.830. The first-order valence-electron chi connectivity index (χ1n) is 6.78. The molecule has 1 N–H and O–H groups in total. The first-order valence-corrected chi connectivity index (χ1v) is 6.78. The number of hydrogen-bond donors (Lipinski definition) is 1. The summed E-state index contributed by atoms with van der Waals surface area (Å²) in [4.78, 5) is 4.28. The fourth-order valence-electron chi connectivity index (χ4n) is 2.04. The summed E-state index contributed by atoms with van der Waals surface area (Å²) in [6, 6.07) is 1.06. The lowest BCUT2D eigenvalue weighted by Crippen LogP contribution is -2.24. The molecule has 1 aromatic rings. The molecular weight excluding hydrogens is 210 g/mol. The van der Waals surface area contributed by atoms with Crippen LogP contribution < -0.4 is 5.32 Å². The van der Waals surface area contributed by atoms with Crippen LogP contribution in [0.25, 0.3) is 0 Å². The highest BCUT2D eigenvalue weighted by atomic mass is 15.1. The van der Waals surface area contributed by atoms with Gasteiger partial charge < -0.3 is 9.88 Å². The first kappa shape index (κ1) is 14.2. The van der Waals surface area contributed by atoms with Gasteiger partial charge in [0.2, 0.25) is 0 Å². The average Bonchev–Trinajstić information content (AvgIpc) is 2.74. The van der Waals surface area contributed by atoms with Crippen molar-refractivity contribution in [3.8, 4) is 0 Å². The maximum Gasteiger partial charge on any atom is 0.0951 e. The number of imidazole rings is 1.